The molecule has 0 aromatic heterocycles. The summed E-state index contributed by atoms with van der Waals surface area (Å²) >= 11 is 0. The molecule has 1 aromatic carbocycles. The minimum atomic E-state index is -0.206. The highest BCUT2D eigenvalue weighted by Gasteiger charge is 2.42. The van der Waals surface area contributed by atoms with Crippen LogP contribution in [0, 0.1) is 5.92 Å². The maximum Gasteiger partial charge on any atom is 0.411 e. The van der Waals surface area contributed by atoms with Gasteiger partial charge in [-0.25, -0.2) is 4.79 Å². The molecule has 188 valence electrons. The van der Waals surface area contributed by atoms with Gasteiger partial charge in [0.05, 0.1) is 19.7 Å². The van der Waals surface area contributed by atoms with E-state index >= 15 is 0 Å². The van der Waals surface area contributed by atoms with Crippen LogP contribution in [0.15, 0.2) is 30.3 Å². The average Bonchev–Trinajstić information content (AvgIpc) is 3.14. The zero-order valence-corrected chi connectivity index (χ0v) is 20.7. The fraction of sp³-hybridized carbons (Fsp3) is 0.692. The molecule has 34 heavy (non-hydrogen) atoms. The fourth-order valence-corrected chi connectivity index (χ4v) is 5.51. The maximum absolute atomic E-state index is 12.6. The highest BCUT2D eigenvalue weighted by Crippen LogP contribution is 2.27. The number of carbonyl (C=O) groups excluding carboxylic acids is 2. The number of cyclic esters (lactones) is 1. The van der Waals surface area contributed by atoms with Crippen LogP contribution in [0.2, 0.25) is 0 Å². The Morgan fingerprint density at radius 2 is 1.74 bits per heavy atom. The lowest BCUT2D eigenvalue weighted by atomic mass is 9.92. The SMILES string of the molecule is COC(=O)CN1CCN(C2OC(=O)N(CCCC3CCN(Cc4ccccc4)CC3)C2C)CC1. The monoisotopic (exact) mass is 472 g/mol. The molecular weight excluding hydrogens is 432 g/mol. The molecule has 1 amide bonds. The van der Waals surface area contributed by atoms with Crippen LogP contribution >= 0.6 is 0 Å². The summed E-state index contributed by atoms with van der Waals surface area (Å²) in [6, 6.07) is 10.8. The normalized spacial score (nSPS) is 25.5. The Morgan fingerprint density at radius 1 is 1.03 bits per heavy atom. The maximum atomic E-state index is 12.6. The van der Waals surface area contributed by atoms with Crippen LogP contribution in [0.3, 0.4) is 0 Å². The average molecular weight is 473 g/mol. The molecule has 8 heteroatoms. The summed E-state index contributed by atoms with van der Waals surface area (Å²) < 4.78 is 10.5. The molecule has 3 heterocycles. The molecule has 1 aromatic rings. The first-order chi connectivity index (χ1) is 16.5. The van der Waals surface area contributed by atoms with Gasteiger partial charge in [0, 0.05) is 39.3 Å². The number of piperazine rings is 1. The van der Waals surface area contributed by atoms with Crippen molar-refractivity contribution in [3.63, 3.8) is 0 Å². The Morgan fingerprint density at radius 3 is 2.41 bits per heavy atom. The lowest BCUT2D eigenvalue weighted by molar-refractivity contribution is -0.142. The minimum Gasteiger partial charge on any atom is -0.468 e. The number of piperidine rings is 1. The highest BCUT2D eigenvalue weighted by atomic mass is 16.6. The van der Waals surface area contributed by atoms with Crippen molar-refractivity contribution in [1.29, 1.82) is 0 Å². The molecule has 3 aliphatic heterocycles. The highest BCUT2D eigenvalue weighted by molar-refractivity contribution is 5.71. The second kappa shape index (κ2) is 12.0. The Labute approximate surface area is 203 Å². The van der Waals surface area contributed by atoms with Crippen molar-refractivity contribution in [1.82, 2.24) is 19.6 Å². The van der Waals surface area contributed by atoms with Crippen LogP contribution in [0.1, 0.15) is 38.2 Å². The number of likely N-dealkylation sites (tertiary alicyclic amines) is 1. The van der Waals surface area contributed by atoms with Crippen LogP contribution < -0.4 is 0 Å². The molecule has 2 unspecified atom stereocenters. The zero-order chi connectivity index (χ0) is 23.9. The van der Waals surface area contributed by atoms with E-state index < -0.39 is 0 Å². The van der Waals surface area contributed by atoms with Crippen molar-refractivity contribution in [3.05, 3.63) is 35.9 Å². The van der Waals surface area contributed by atoms with Crippen LogP contribution in [-0.2, 0) is 20.8 Å². The number of carbonyl (C=O) groups is 2. The molecule has 0 radical (unpaired) electrons. The first-order valence-electron chi connectivity index (χ1n) is 12.8. The summed E-state index contributed by atoms with van der Waals surface area (Å²) in [7, 11) is 1.42. The molecule has 0 bridgehead atoms. The van der Waals surface area contributed by atoms with Gasteiger partial charge in [0.2, 0.25) is 0 Å². The third-order valence-electron chi connectivity index (χ3n) is 7.68. The Kier molecular flexibility index (Phi) is 8.80. The topological polar surface area (TPSA) is 65.6 Å². The molecule has 0 aliphatic carbocycles. The van der Waals surface area contributed by atoms with Crippen molar-refractivity contribution in [2.75, 3.05) is 59.5 Å². The van der Waals surface area contributed by atoms with E-state index in [2.05, 4.69) is 52.0 Å². The van der Waals surface area contributed by atoms with E-state index in [0.717, 1.165) is 64.7 Å². The predicted molar refractivity (Wildman–Crippen MR) is 130 cm³/mol. The van der Waals surface area contributed by atoms with Gasteiger partial charge < -0.3 is 14.4 Å². The van der Waals surface area contributed by atoms with Gasteiger partial charge in [-0.05, 0) is 57.2 Å². The third-order valence-corrected chi connectivity index (χ3v) is 7.68. The smallest absolute Gasteiger partial charge is 0.411 e. The van der Waals surface area contributed by atoms with E-state index in [9.17, 15) is 9.59 Å². The van der Waals surface area contributed by atoms with Gasteiger partial charge >= 0.3 is 12.1 Å². The molecule has 3 fully saturated rings. The standard InChI is InChI=1S/C26H40N4O4/c1-21-25(29-17-15-28(16-18-29)20-24(31)33-2)34-26(32)30(21)12-6-9-22-10-13-27(14-11-22)19-23-7-4-3-5-8-23/h3-5,7-8,21-22,25H,6,9-20H2,1-2H3. The predicted octanol–water partition coefficient (Wildman–Crippen LogP) is 2.64. The summed E-state index contributed by atoms with van der Waals surface area (Å²) in [5.74, 6) is 0.543. The largest absolute Gasteiger partial charge is 0.468 e. The van der Waals surface area contributed by atoms with E-state index in [0.29, 0.717) is 6.54 Å². The van der Waals surface area contributed by atoms with Gasteiger partial charge in [0.25, 0.3) is 0 Å². The van der Waals surface area contributed by atoms with Crippen molar-refractivity contribution in [2.45, 2.75) is 51.4 Å². The first-order valence-corrected chi connectivity index (χ1v) is 12.8. The first kappa shape index (κ1) is 24.9. The third kappa shape index (κ3) is 6.49. The molecule has 0 saturated carbocycles. The number of esters is 1. The lowest BCUT2D eigenvalue weighted by Gasteiger charge is -2.37. The van der Waals surface area contributed by atoms with E-state index in [1.54, 1.807) is 0 Å². The number of ether oxygens (including phenoxy) is 2. The molecule has 8 nitrogen and oxygen atoms in total. The number of amides is 1. The van der Waals surface area contributed by atoms with E-state index in [1.165, 1.54) is 31.9 Å². The van der Waals surface area contributed by atoms with Crippen molar-refractivity contribution in [2.24, 2.45) is 5.92 Å². The van der Waals surface area contributed by atoms with Gasteiger partial charge in [0.15, 0.2) is 6.23 Å². The second-order valence-corrected chi connectivity index (χ2v) is 9.94. The summed E-state index contributed by atoms with van der Waals surface area (Å²) in [5.41, 5.74) is 1.39. The minimum absolute atomic E-state index is 0.0485. The lowest BCUT2D eigenvalue weighted by Crippen LogP contribution is -2.54. The molecule has 2 atom stereocenters. The van der Waals surface area contributed by atoms with Gasteiger partial charge in [-0.2, -0.15) is 0 Å². The van der Waals surface area contributed by atoms with Crippen LogP contribution in [0.5, 0.6) is 0 Å². The molecular formula is C26H40N4O4. The fourth-order valence-electron chi connectivity index (χ4n) is 5.51. The number of methoxy groups -OCH3 is 1. The van der Waals surface area contributed by atoms with Gasteiger partial charge in [-0.15, -0.1) is 0 Å². The van der Waals surface area contributed by atoms with Crippen LogP contribution in [-0.4, -0.2) is 103 Å². The molecule has 4 rings (SSSR count). The second-order valence-electron chi connectivity index (χ2n) is 9.94. The van der Waals surface area contributed by atoms with Crippen molar-refractivity contribution >= 4 is 12.1 Å². The number of hydrogen-bond donors (Lipinski definition) is 0. The number of nitrogens with zero attached hydrogens (tertiary/aromatic N) is 4. The Bertz CT molecular complexity index is 791. The van der Waals surface area contributed by atoms with Crippen molar-refractivity contribution < 1.29 is 19.1 Å². The van der Waals surface area contributed by atoms with Crippen LogP contribution in [0.25, 0.3) is 0 Å². The van der Waals surface area contributed by atoms with Crippen LogP contribution in [0.4, 0.5) is 4.79 Å². The van der Waals surface area contributed by atoms with Crippen molar-refractivity contribution in [3.8, 4) is 0 Å². The van der Waals surface area contributed by atoms with Gasteiger partial charge in [-0.1, -0.05) is 30.3 Å². The molecule has 3 saturated heterocycles. The summed E-state index contributed by atoms with van der Waals surface area (Å²) in [5, 5.41) is 0. The molecule has 3 aliphatic rings. The Balaban J connectivity index is 1.15. The van der Waals surface area contributed by atoms with Gasteiger partial charge in [0.1, 0.15) is 0 Å². The zero-order valence-electron chi connectivity index (χ0n) is 20.7. The number of benzene rings is 1. The Hall–Kier alpha value is -2.16. The number of hydrogen-bond acceptors (Lipinski definition) is 7. The summed E-state index contributed by atoms with van der Waals surface area (Å²) in [6.45, 7) is 9.67. The van der Waals surface area contributed by atoms with E-state index in [-0.39, 0.29) is 24.3 Å². The summed E-state index contributed by atoms with van der Waals surface area (Å²) in [4.78, 5) is 32.9. The van der Waals surface area contributed by atoms with E-state index in [4.69, 9.17) is 9.47 Å². The molecule has 0 spiro atoms. The summed E-state index contributed by atoms with van der Waals surface area (Å²) in [6.07, 6.45) is 4.30. The van der Waals surface area contributed by atoms with Gasteiger partial charge in [-0.3, -0.25) is 19.5 Å². The molecule has 0 N–H and O–H groups in total. The quantitative estimate of drug-likeness (QED) is 0.512. The number of rotatable bonds is 9. The van der Waals surface area contributed by atoms with E-state index in [1.807, 2.05) is 4.90 Å².